The molecule has 11 heteroatoms. The summed E-state index contributed by atoms with van der Waals surface area (Å²) in [5, 5.41) is 3.49. The number of methoxy groups -OCH3 is 1. The molecule has 0 radical (unpaired) electrons. The Bertz CT molecular complexity index is 1400. The number of rotatable bonds is 11. The van der Waals surface area contributed by atoms with Crippen LogP contribution < -0.4 is 14.4 Å². The fourth-order valence-electron chi connectivity index (χ4n) is 3.81. The number of carbonyl (C=O) groups excluding carboxylic acids is 2. The molecular formula is C28H31Cl2N3O5S. The van der Waals surface area contributed by atoms with E-state index in [4.69, 9.17) is 27.9 Å². The predicted molar refractivity (Wildman–Crippen MR) is 154 cm³/mol. The van der Waals surface area contributed by atoms with E-state index in [1.54, 1.807) is 56.5 Å². The van der Waals surface area contributed by atoms with Gasteiger partial charge in [0.25, 0.3) is 10.0 Å². The molecule has 0 bridgehead atoms. The Morgan fingerprint density at radius 3 is 2.13 bits per heavy atom. The van der Waals surface area contributed by atoms with Gasteiger partial charge >= 0.3 is 0 Å². The first-order valence-corrected chi connectivity index (χ1v) is 14.4. The van der Waals surface area contributed by atoms with Crippen molar-refractivity contribution in [1.82, 2.24) is 10.2 Å². The Hall–Kier alpha value is -3.27. The Balaban J connectivity index is 2.02. The summed E-state index contributed by atoms with van der Waals surface area (Å²) in [5.74, 6) is -0.292. The summed E-state index contributed by atoms with van der Waals surface area (Å²) >= 11 is 12.1. The number of hydrogen-bond donors (Lipinski definition) is 1. The highest BCUT2D eigenvalue weighted by molar-refractivity contribution is 7.92. The summed E-state index contributed by atoms with van der Waals surface area (Å²) in [5.41, 5.74) is 0.942. The SMILES string of the molecule is COc1ccc(CN(C(=O)CN(c2cccc(Cl)c2)S(=O)(=O)c2ccc(Cl)cc2)C(C)C(=O)NC(C)C)cc1. The zero-order valence-corrected chi connectivity index (χ0v) is 24.4. The van der Waals surface area contributed by atoms with Gasteiger partial charge in [-0.3, -0.25) is 13.9 Å². The number of ether oxygens (including phenoxy) is 1. The molecule has 0 aliphatic rings. The summed E-state index contributed by atoms with van der Waals surface area (Å²) in [6, 6.07) is 17.9. The maximum absolute atomic E-state index is 13.9. The van der Waals surface area contributed by atoms with E-state index < -0.39 is 28.5 Å². The van der Waals surface area contributed by atoms with E-state index in [1.807, 2.05) is 13.8 Å². The van der Waals surface area contributed by atoms with Gasteiger partial charge in [-0.05, 0) is 80.9 Å². The molecule has 39 heavy (non-hydrogen) atoms. The van der Waals surface area contributed by atoms with Crippen LogP contribution in [-0.4, -0.2) is 50.9 Å². The van der Waals surface area contributed by atoms with Gasteiger partial charge in [0.15, 0.2) is 0 Å². The van der Waals surface area contributed by atoms with E-state index in [1.165, 1.54) is 35.2 Å². The monoisotopic (exact) mass is 591 g/mol. The summed E-state index contributed by atoms with van der Waals surface area (Å²) in [6.45, 7) is 4.75. The smallest absolute Gasteiger partial charge is 0.264 e. The molecule has 208 valence electrons. The molecule has 0 fully saturated rings. The second kappa shape index (κ2) is 13.2. The minimum atomic E-state index is -4.21. The molecule has 1 unspecified atom stereocenters. The number of amides is 2. The third-order valence-corrected chi connectivity index (χ3v) is 8.16. The highest BCUT2D eigenvalue weighted by Gasteiger charge is 2.32. The van der Waals surface area contributed by atoms with Crippen molar-refractivity contribution in [3.63, 3.8) is 0 Å². The van der Waals surface area contributed by atoms with Crippen molar-refractivity contribution in [2.75, 3.05) is 18.0 Å². The largest absolute Gasteiger partial charge is 0.497 e. The maximum atomic E-state index is 13.9. The molecule has 0 aliphatic carbocycles. The van der Waals surface area contributed by atoms with Crippen LogP contribution in [0.1, 0.15) is 26.3 Å². The summed E-state index contributed by atoms with van der Waals surface area (Å²) in [7, 11) is -2.66. The van der Waals surface area contributed by atoms with Crippen LogP contribution in [0.3, 0.4) is 0 Å². The molecule has 0 spiro atoms. The van der Waals surface area contributed by atoms with Gasteiger partial charge in [0.1, 0.15) is 18.3 Å². The van der Waals surface area contributed by atoms with Crippen LogP contribution in [0.2, 0.25) is 10.0 Å². The van der Waals surface area contributed by atoms with Gasteiger partial charge in [0.05, 0.1) is 17.7 Å². The van der Waals surface area contributed by atoms with Crippen molar-refractivity contribution >= 4 is 50.7 Å². The van der Waals surface area contributed by atoms with E-state index >= 15 is 0 Å². The molecule has 1 atom stereocenters. The molecule has 2 amide bonds. The molecule has 3 aromatic rings. The number of hydrogen-bond acceptors (Lipinski definition) is 5. The lowest BCUT2D eigenvalue weighted by molar-refractivity contribution is -0.139. The number of benzene rings is 3. The summed E-state index contributed by atoms with van der Waals surface area (Å²) < 4.78 is 33.7. The zero-order valence-electron chi connectivity index (χ0n) is 22.1. The van der Waals surface area contributed by atoms with Crippen molar-refractivity contribution in [3.8, 4) is 5.75 Å². The van der Waals surface area contributed by atoms with Crippen LogP contribution in [-0.2, 0) is 26.2 Å². The lowest BCUT2D eigenvalue weighted by Gasteiger charge is -2.32. The van der Waals surface area contributed by atoms with Crippen LogP contribution in [0, 0.1) is 0 Å². The molecule has 0 heterocycles. The molecular weight excluding hydrogens is 561 g/mol. The maximum Gasteiger partial charge on any atom is 0.264 e. The number of nitrogens with one attached hydrogen (secondary N) is 1. The number of halogens is 2. The van der Waals surface area contributed by atoms with Gasteiger partial charge in [-0.15, -0.1) is 0 Å². The highest BCUT2D eigenvalue weighted by atomic mass is 35.5. The van der Waals surface area contributed by atoms with Gasteiger partial charge in [-0.25, -0.2) is 8.42 Å². The average Bonchev–Trinajstić information content (AvgIpc) is 2.90. The molecule has 0 saturated carbocycles. The predicted octanol–water partition coefficient (Wildman–Crippen LogP) is 5.14. The van der Waals surface area contributed by atoms with Crippen LogP contribution in [0.4, 0.5) is 5.69 Å². The average molecular weight is 593 g/mol. The van der Waals surface area contributed by atoms with Crippen LogP contribution >= 0.6 is 23.2 Å². The normalized spacial score (nSPS) is 12.1. The standard InChI is InChI=1S/C28H31Cl2N3O5S/c1-19(2)31-28(35)20(3)32(17-21-8-12-25(38-4)13-9-21)27(34)18-33(24-7-5-6-23(30)16-24)39(36,37)26-14-10-22(29)11-15-26/h5-16,19-20H,17-18H2,1-4H3,(H,31,35). The van der Waals surface area contributed by atoms with Gasteiger partial charge in [-0.1, -0.05) is 41.4 Å². The Morgan fingerprint density at radius 2 is 1.56 bits per heavy atom. The van der Waals surface area contributed by atoms with Gasteiger partial charge < -0.3 is 15.0 Å². The first kappa shape index (κ1) is 30.3. The second-order valence-corrected chi connectivity index (χ2v) is 11.9. The lowest BCUT2D eigenvalue weighted by Crippen LogP contribution is -2.52. The molecule has 8 nitrogen and oxygen atoms in total. The topological polar surface area (TPSA) is 96.0 Å². The number of anilines is 1. The number of carbonyl (C=O) groups is 2. The van der Waals surface area contributed by atoms with E-state index in [2.05, 4.69) is 5.32 Å². The zero-order chi connectivity index (χ0) is 28.7. The van der Waals surface area contributed by atoms with Crippen molar-refractivity contribution in [1.29, 1.82) is 0 Å². The molecule has 0 saturated heterocycles. The van der Waals surface area contributed by atoms with Crippen molar-refractivity contribution < 1.29 is 22.7 Å². The van der Waals surface area contributed by atoms with E-state index in [0.717, 1.165) is 9.87 Å². The van der Waals surface area contributed by atoms with Crippen molar-refractivity contribution in [2.24, 2.45) is 0 Å². The third kappa shape index (κ3) is 7.88. The Morgan fingerprint density at radius 1 is 0.923 bits per heavy atom. The van der Waals surface area contributed by atoms with Crippen LogP contribution in [0.5, 0.6) is 5.75 Å². The van der Waals surface area contributed by atoms with E-state index in [0.29, 0.717) is 15.8 Å². The van der Waals surface area contributed by atoms with Crippen LogP contribution in [0.15, 0.2) is 77.7 Å². The molecule has 1 N–H and O–H groups in total. The fraction of sp³-hybridized carbons (Fsp3) is 0.286. The van der Waals surface area contributed by atoms with Crippen molar-refractivity contribution in [3.05, 3.63) is 88.4 Å². The fourth-order valence-corrected chi connectivity index (χ4v) is 5.53. The molecule has 0 aliphatic heterocycles. The Labute approximate surface area is 239 Å². The van der Waals surface area contributed by atoms with Gasteiger partial charge in [0, 0.05) is 22.6 Å². The minimum absolute atomic E-state index is 0.0491. The molecule has 0 aromatic heterocycles. The summed E-state index contributed by atoms with van der Waals surface area (Å²) in [4.78, 5) is 28.1. The molecule has 3 rings (SSSR count). The highest BCUT2D eigenvalue weighted by Crippen LogP contribution is 2.27. The van der Waals surface area contributed by atoms with Crippen molar-refractivity contribution in [2.45, 2.75) is 44.3 Å². The number of nitrogens with zero attached hydrogens (tertiary/aromatic N) is 2. The quantitative estimate of drug-likeness (QED) is 0.333. The van der Waals surface area contributed by atoms with E-state index in [-0.39, 0.29) is 29.1 Å². The number of sulfonamides is 1. The minimum Gasteiger partial charge on any atom is -0.497 e. The van der Waals surface area contributed by atoms with Crippen LogP contribution in [0.25, 0.3) is 0 Å². The molecule has 3 aromatic carbocycles. The van der Waals surface area contributed by atoms with Gasteiger partial charge in [-0.2, -0.15) is 0 Å². The first-order valence-electron chi connectivity index (χ1n) is 12.2. The lowest BCUT2D eigenvalue weighted by atomic mass is 10.1. The summed E-state index contributed by atoms with van der Waals surface area (Å²) in [6.07, 6.45) is 0. The second-order valence-electron chi connectivity index (χ2n) is 9.15. The first-order chi connectivity index (χ1) is 18.4. The Kier molecular flexibility index (Phi) is 10.2. The van der Waals surface area contributed by atoms with E-state index in [9.17, 15) is 18.0 Å². The van der Waals surface area contributed by atoms with Gasteiger partial charge in [0.2, 0.25) is 11.8 Å². The third-order valence-electron chi connectivity index (χ3n) is 5.89.